The highest BCUT2D eigenvalue weighted by molar-refractivity contribution is 7.97. The monoisotopic (exact) mass is 187 g/mol. The van der Waals surface area contributed by atoms with Gasteiger partial charge in [0.05, 0.1) is 0 Å². The molecular formula is C10H21NS. The lowest BCUT2D eigenvalue weighted by molar-refractivity contribution is 0.225. The molecule has 0 saturated carbocycles. The van der Waals surface area contributed by atoms with Crippen molar-refractivity contribution >= 4 is 11.9 Å². The summed E-state index contributed by atoms with van der Waals surface area (Å²) < 4.78 is 2.55. The van der Waals surface area contributed by atoms with Crippen molar-refractivity contribution in [3.63, 3.8) is 0 Å². The number of rotatable bonds is 3. The quantitative estimate of drug-likeness (QED) is 0.625. The van der Waals surface area contributed by atoms with Crippen molar-refractivity contribution in [1.29, 1.82) is 0 Å². The molecule has 0 radical (unpaired) electrons. The minimum Gasteiger partial charge on any atom is -0.250 e. The number of piperidine rings is 1. The van der Waals surface area contributed by atoms with Gasteiger partial charge in [-0.3, -0.25) is 4.31 Å². The van der Waals surface area contributed by atoms with Crippen LogP contribution in [-0.2, 0) is 0 Å². The van der Waals surface area contributed by atoms with Crippen molar-refractivity contribution in [3.8, 4) is 0 Å². The van der Waals surface area contributed by atoms with Crippen LogP contribution in [0.5, 0.6) is 0 Å². The van der Waals surface area contributed by atoms with E-state index < -0.39 is 0 Å². The van der Waals surface area contributed by atoms with Crippen molar-refractivity contribution < 1.29 is 0 Å². The van der Waals surface area contributed by atoms with Gasteiger partial charge in [0.25, 0.3) is 0 Å². The average Bonchev–Trinajstić information content (AvgIpc) is 2.07. The Morgan fingerprint density at radius 2 is 2.08 bits per heavy atom. The zero-order valence-electron chi connectivity index (χ0n) is 8.55. The van der Waals surface area contributed by atoms with Gasteiger partial charge in [-0.1, -0.05) is 32.7 Å². The molecule has 0 spiro atoms. The smallest absolute Gasteiger partial charge is 0.0118 e. The highest BCUT2D eigenvalue weighted by atomic mass is 32.2. The lowest BCUT2D eigenvalue weighted by Gasteiger charge is -2.34. The molecule has 0 N–H and O–H groups in total. The molecule has 0 aliphatic carbocycles. The van der Waals surface area contributed by atoms with Crippen LogP contribution in [0, 0.1) is 11.8 Å². The van der Waals surface area contributed by atoms with Crippen LogP contribution in [0.25, 0.3) is 0 Å². The molecule has 2 heteroatoms. The minimum atomic E-state index is 0.892. The highest BCUT2D eigenvalue weighted by Gasteiger charge is 2.22. The second-order valence-corrected chi connectivity index (χ2v) is 5.15. The third kappa shape index (κ3) is 2.98. The first-order valence-electron chi connectivity index (χ1n) is 5.12. The van der Waals surface area contributed by atoms with Gasteiger partial charge in [0.15, 0.2) is 0 Å². The first-order chi connectivity index (χ1) is 5.74. The minimum absolute atomic E-state index is 0.892. The summed E-state index contributed by atoms with van der Waals surface area (Å²) in [5.74, 6) is 3.12. The maximum absolute atomic E-state index is 2.55. The molecule has 12 heavy (non-hydrogen) atoms. The van der Waals surface area contributed by atoms with Crippen LogP contribution in [0.4, 0.5) is 0 Å². The van der Waals surface area contributed by atoms with Crippen LogP contribution in [-0.4, -0.2) is 23.1 Å². The first kappa shape index (κ1) is 10.4. The summed E-state index contributed by atoms with van der Waals surface area (Å²) >= 11 is 2.04. The molecule has 0 bridgehead atoms. The van der Waals surface area contributed by atoms with E-state index in [-0.39, 0.29) is 0 Å². The largest absolute Gasteiger partial charge is 0.250 e. The van der Waals surface area contributed by atoms with Crippen molar-refractivity contribution in [2.75, 3.05) is 18.8 Å². The van der Waals surface area contributed by atoms with Gasteiger partial charge in [0.2, 0.25) is 0 Å². The molecule has 0 amide bonds. The molecule has 1 aliphatic heterocycles. The Balaban J connectivity index is 2.21. The molecule has 1 aliphatic rings. The van der Waals surface area contributed by atoms with E-state index in [4.69, 9.17) is 0 Å². The summed E-state index contributed by atoms with van der Waals surface area (Å²) in [6.45, 7) is 9.61. The lowest BCUT2D eigenvalue weighted by Crippen LogP contribution is -2.34. The van der Waals surface area contributed by atoms with E-state index in [2.05, 4.69) is 25.1 Å². The fourth-order valence-electron chi connectivity index (χ4n) is 1.56. The van der Waals surface area contributed by atoms with Crippen molar-refractivity contribution in [3.05, 3.63) is 0 Å². The Bertz CT molecular complexity index is 125. The molecule has 1 rings (SSSR count). The van der Waals surface area contributed by atoms with Gasteiger partial charge in [0, 0.05) is 18.8 Å². The molecule has 1 fully saturated rings. The summed E-state index contributed by atoms with van der Waals surface area (Å²) in [6.07, 6.45) is 2.68. The van der Waals surface area contributed by atoms with Crippen LogP contribution < -0.4 is 0 Å². The first-order valence-corrected chi connectivity index (χ1v) is 6.06. The summed E-state index contributed by atoms with van der Waals surface area (Å²) in [5, 5.41) is 0. The number of nitrogens with zero attached hydrogens (tertiary/aromatic N) is 1. The Morgan fingerprint density at radius 3 is 2.67 bits per heavy atom. The number of hydrogen-bond acceptors (Lipinski definition) is 2. The fraction of sp³-hybridized carbons (Fsp3) is 1.00. The second kappa shape index (κ2) is 5.13. The third-order valence-corrected chi connectivity index (χ3v) is 4.06. The van der Waals surface area contributed by atoms with Crippen LogP contribution in [0.15, 0.2) is 0 Å². The Labute approximate surface area is 81.0 Å². The maximum atomic E-state index is 2.55. The van der Waals surface area contributed by atoms with Crippen molar-refractivity contribution in [2.24, 2.45) is 11.8 Å². The number of hydrogen-bond donors (Lipinski definition) is 0. The molecule has 0 aromatic carbocycles. The van der Waals surface area contributed by atoms with Crippen LogP contribution >= 0.6 is 11.9 Å². The normalized spacial score (nSPS) is 32.2. The third-order valence-electron chi connectivity index (χ3n) is 2.77. The highest BCUT2D eigenvalue weighted by Crippen LogP contribution is 2.26. The summed E-state index contributed by atoms with van der Waals surface area (Å²) in [5.41, 5.74) is 0. The summed E-state index contributed by atoms with van der Waals surface area (Å²) in [7, 11) is 0. The summed E-state index contributed by atoms with van der Waals surface area (Å²) in [4.78, 5) is 0. The lowest BCUT2D eigenvalue weighted by atomic mass is 9.90. The molecule has 0 aromatic heterocycles. The Hall–Kier alpha value is 0.310. The molecule has 72 valence electrons. The van der Waals surface area contributed by atoms with E-state index in [1.807, 2.05) is 11.9 Å². The predicted molar refractivity (Wildman–Crippen MR) is 57.3 cm³/mol. The van der Waals surface area contributed by atoms with Gasteiger partial charge in [-0.15, -0.1) is 0 Å². The van der Waals surface area contributed by atoms with Crippen molar-refractivity contribution in [1.82, 2.24) is 4.31 Å². The van der Waals surface area contributed by atoms with Gasteiger partial charge < -0.3 is 0 Å². The fourth-order valence-corrected chi connectivity index (χ4v) is 2.58. The molecule has 1 heterocycles. The molecular weight excluding hydrogens is 166 g/mol. The van der Waals surface area contributed by atoms with E-state index >= 15 is 0 Å². The van der Waals surface area contributed by atoms with Gasteiger partial charge in [0.1, 0.15) is 0 Å². The summed E-state index contributed by atoms with van der Waals surface area (Å²) in [6, 6.07) is 0. The van der Waals surface area contributed by atoms with E-state index in [1.54, 1.807) is 0 Å². The van der Waals surface area contributed by atoms with E-state index in [1.165, 1.54) is 31.7 Å². The predicted octanol–water partition coefficient (Wildman–Crippen LogP) is 3.02. The van der Waals surface area contributed by atoms with E-state index in [9.17, 15) is 0 Å². The molecule has 2 unspecified atom stereocenters. The van der Waals surface area contributed by atoms with Crippen molar-refractivity contribution in [2.45, 2.75) is 33.6 Å². The molecule has 0 aromatic rings. The van der Waals surface area contributed by atoms with Crippen LogP contribution in [0.3, 0.4) is 0 Å². The second-order valence-electron chi connectivity index (χ2n) is 3.96. The molecule has 1 saturated heterocycles. The average molecular weight is 187 g/mol. The zero-order valence-corrected chi connectivity index (χ0v) is 9.36. The Morgan fingerprint density at radius 1 is 1.33 bits per heavy atom. The maximum Gasteiger partial charge on any atom is 0.0118 e. The van der Waals surface area contributed by atoms with Crippen LogP contribution in [0.1, 0.15) is 33.6 Å². The van der Waals surface area contributed by atoms with Gasteiger partial charge >= 0.3 is 0 Å². The molecule has 1 nitrogen and oxygen atoms in total. The zero-order chi connectivity index (χ0) is 8.97. The van der Waals surface area contributed by atoms with E-state index in [0.717, 1.165) is 11.8 Å². The Kier molecular flexibility index (Phi) is 4.44. The van der Waals surface area contributed by atoms with Gasteiger partial charge in [-0.05, 0) is 24.7 Å². The van der Waals surface area contributed by atoms with E-state index in [0.29, 0.717) is 0 Å². The van der Waals surface area contributed by atoms with Crippen LogP contribution in [0.2, 0.25) is 0 Å². The molecule has 2 atom stereocenters. The standard InChI is InChI=1S/C10H21NS/c1-4-7-12-11-6-5-9(2)10(3)8-11/h9-10H,4-8H2,1-3H3. The SMILES string of the molecule is CCCSN1CCC(C)C(C)C1. The van der Waals surface area contributed by atoms with Gasteiger partial charge in [-0.2, -0.15) is 0 Å². The van der Waals surface area contributed by atoms with Gasteiger partial charge in [-0.25, -0.2) is 0 Å². The topological polar surface area (TPSA) is 3.24 Å².